The molecular weight excluding hydrogens is 256 g/mol. The van der Waals surface area contributed by atoms with Gasteiger partial charge in [-0.3, -0.25) is 4.79 Å². The summed E-state index contributed by atoms with van der Waals surface area (Å²) in [5.41, 5.74) is 1.55. The highest BCUT2D eigenvalue weighted by Gasteiger charge is 2.15. The van der Waals surface area contributed by atoms with Crippen LogP contribution in [-0.2, 0) is 27.3 Å². The minimum Gasteiger partial charge on any atom is -0.460 e. The van der Waals surface area contributed by atoms with Crippen molar-refractivity contribution in [3.05, 3.63) is 35.4 Å². The van der Waals surface area contributed by atoms with E-state index in [9.17, 15) is 9.90 Å². The van der Waals surface area contributed by atoms with Crippen LogP contribution in [0.15, 0.2) is 24.3 Å². The van der Waals surface area contributed by atoms with E-state index in [1.165, 1.54) is 0 Å². The van der Waals surface area contributed by atoms with Crippen LogP contribution in [0.25, 0.3) is 0 Å². The van der Waals surface area contributed by atoms with Crippen LogP contribution in [-0.4, -0.2) is 29.9 Å². The summed E-state index contributed by atoms with van der Waals surface area (Å²) in [5.74, 6) is -0.242. The maximum Gasteiger partial charge on any atom is 0.308 e. The fourth-order valence-electron chi connectivity index (χ4n) is 1.79. The topological polar surface area (TPSA) is 55.8 Å². The van der Waals surface area contributed by atoms with Gasteiger partial charge < -0.3 is 14.6 Å². The normalized spacial score (nSPS) is 11.4. The third kappa shape index (κ3) is 6.68. The molecule has 0 unspecified atom stereocenters. The van der Waals surface area contributed by atoms with Crippen LogP contribution < -0.4 is 0 Å². The Balaban J connectivity index is 2.21. The van der Waals surface area contributed by atoms with E-state index in [0.717, 1.165) is 17.5 Å². The maximum absolute atomic E-state index is 11.5. The Hall–Kier alpha value is -1.39. The second kappa shape index (κ2) is 8.02. The zero-order valence-corrected chi connectivity index (χ0v) is 12.5. The van der Waals surface area contributed by atoms with Crippen LogP contribution in [0.3, 0.4) is 0 Å². The quantitative estimate of drug-likeness (QED) is 0.616. The number of ether oxygens (including phenoxy) is 2. The second-order valence-corrected chi connectivity index (χ2v) is 5.63. The highest BCUT2D eigenvalue weighted by molar-refractivity contribution is 5.69. The van der Waals surface area contributed by atoms with Crippen molar-refractivity contribution in [2.75, 3.05) is 13.2 Å². The molecule has 0 atom stereocenters. The predicted octanol–water partition coefficient (Wildman–Crippen LogP) is 2.47. The molecule has 0 aromatic heterocycles. The Morgan fingerprint density at radius 3 is 2.40 bits per heavy atom. The monoisotopic (exact) mass is 280 g/mol. The first kappa shape index (κ1) is 16.7. The molecule has 0 aliphatic heterocycles. The molecule has 0 bridgehead atoms. The van der Waals surface area contributed by atoms with Crippen molar-refractivity contribution in [2.45, 2.75) is 45.8 Å². The fraction of sp³-hybridized carbons (Fsp3) is 0.562. The van der Waals surface area contributed by atoms with Crippen LogP contribution in [0, 0.1) is 0 Å². The van der Waals surface area contributed by atoms with Crippen molar-refractivity contribution in [1.29, 1.82) is 0 Å². The van der Waals surface area contributed by atoms with Crippen molar-refractivity contribution in [3.8, 4) is 0 Å². The Morgan fingerprint density at radius 2 is 1.80 bits per heavy atom. The molecule has 0 fully saturated rings. The molecule has 0 spiro atoms. The Kier molecular flexibility index (Phi) is 6.68. The summed E-state index contributed by atoms with van der Waals surface area (Å²) in [6, 6.07) is 7.71. The van der Waals surface area contributed by atoms with Gasteiger partial charge in [-0.25, -0.2) is 0 Å². The molecule has 0 radical (unpaired) electrons. The van der Waals surface area contributed by atoms with Gasteiger partial charge >= 0.3 is 5.97 Å². The van der Waals surface area contributed by atoms with Gasteiger partial charge in [-0.1, -0.05) is 24.3 Å². The molecule has 1 N–H and O–H groups in total. The summed E-state index contributed by atoms with van der Waals surface area (Å²) in [6.07, 6.45) is 0.990. The first-order valence-electron chi connectivity index (χ1n) is 6.89. The predicted molar refractivity (Wildman–Crippen MR) is 77.3 cm³/mol. The molecule has 4 nitrogen and oxygen atoms in total. The lowest BCUT2D eigenvalue weighted by atomic mass is 10.1. The van der Waals surface area contributed by atoms with E-state index < -0.39 is 5.60 Å². The van der Waals surface area contributed by atoms with E-state index >= 15 is 0 Å². The second-order valence-electron chi connectivity index (χ2n) is 5.63. The number of carbonyl (C=O) groups excluding carboxylic acids is 1. The van der Waals surface area contributed by atoms with Crippen LogP contribution in [0.2, 0.25) is 0 Å². The number of carbonyl (C=O) groups is 1. The number of aliphatic hydroxyl groups is 1. The van der Waals surface area contributed by atoms with Crippen LogP contribution in [0.4, 0.5) is 0 Å². The van der Waals surface area contributed by atoms with Gasteiger partial charge in [0, 0.05) is 0 Å². The molecule has 0 aliphatic rings. The summed E-state index contributed by atoms with van der Waals surface area (Å²) in [7, 11) is 0. The lowest BCUT2D eigenvalue weighted by Gasteiger charge is -2.19. The number of aliphatic hydroxyl groups excluding tert-OH is 1. The molecule has 4 heteroatoms. The molecule has 0 aliphatic carbocycles. The number of hydrogen-bond donors (Lipinski definition) is 1. The van der Waals surface area contributed by atoms with Gasteiger partial charge in [0.15, 0.2) is 0 Å². The number of esters is 1. The molecule has 20 heavy (non-hydrogen) atoms. The van der Waals surface area contributed by atoms with Gasteiger partial charge in [0.1, 0.15) is 5.60 Å². The maximum atomic E-state index is 11.5. The summed E-state index contributed by atoms with van der Waals surface area (Å²) >= 11 is 0. The smallest absolute Gasteiger partial charge is 0.308 e. The number of rotatable bonds is 7. The van der Waals surface area contributed by atoms with Crippen molar-refractivity contribution in [3.63, 3.8) is 0 Å². The van der Waals surface area contributed by atoms with E-state index in [-0.39, 0.29) is 19.0 Å². The fourth-order valence-corrected chi connectivity index (χ4v) is 1.79. The Labute approximate surface area is 120 Å². The van der Waals surface area contributed by atoms with Crippen molar-refractivity contribution in [2.24, 2.45) is 0 Å². The molecule has 0 saturated heterocycles. The minimum atomic E-state index is -0.447. The number of benzene rings is 1. The molecule has 1 rings (SSSR count). The molecular formula is C16H24O4. The molecule has 0 saturated carbocycles. The first-order valence-corrected chi connectivity index (χ1v) is 6.89. The Morgan fingerprint density at radius 1 is 1.15 bits per heavy atom. The summed E-state index contributed by atoms with van der Waals surface area (Å²) in [6.45, 7) is 6.46. The van der Waals surface area contributed by atoms with Gasteiger partial charge in [-0.15, -0.1) is 0 Å². The van der Waals surface area contributed by atoms with Gasteiger partial charge in [0.05, 0.1) is 26.2 Å². The minimum absolute atomic E-state index is 0.0358. The van der Waals surface area contributed by atoms with E-state index in [2.05, 4.69) is 0 Å². The molecule has 0 heterocycles. The lowest BCUT2D eigenvalue weighted by Crippen LogP contribution is -2.24. The van der Waals surface area contributed by atoms with Gasteiger partial charge in [0.25, 0.3) is 0 Å². The highest BCUT2D eigenvalue weighted by Crippen LogP contribution is 2.10. The van der Waals surface area contributed by atoms with E-state index in [1.807, 2.05) is 45.0 Å². The first-order chi connectivity index (χ1) is 9.42. The van der Waals surface area contributed by atoms with Gasteiger partial charge in [-0.2, -0.15) is 0 Å². The molecule has 112 valence electrons. The summed E-state index contributed by atoms with van der Waals surface area (Å²) < 4.78 is 10.6. The molecule has 1 aromatic carbocycles. The largest absolute Gasteiger partial charge is 0.460 e. The average molecular weight is 280 g/mol. The van der Waals surface area contributed by atoms with Crippen molar-refractivity contribution in [1.82, 2.24) is 0 Å². The SMILES string of the molecule is CC(C)(C)OC(=O)CCOCCc1ccccc1CO. The van der Waals surface area contributed by atoms with Crippen LogP contribution >= 0.6 is 0 Å². The third-order valence-corrected chi connectivity index (χ3v) is 2.68. The third-order valence-electron chi connectivity index (χ3n) is 2.68. The molecule has 0 amide bonds. The van der Waals surface area contributed by atoms with Crippen molar-refractivity contribution < 1.29 is 19.4 Å². The number of hydrogen-bond acceptors (Lipinski definition) is 4. The average Bonchev–Trinajstić information content (AvgIpc) is 2.36. The Bertz CT molecular complexity index is 421. The standard InChI is InChI=1S/C16H24O4/c1-16(2,3)20-15(18)9-11-19-10-8-13-6-4-5-7-14(13)12-17/h4-7,17H,8-12H2,1-3H3. The zero-order valence-electron chi connectivity index (χ0n) is 12.5. The lowest BCUT2D eigenvalue weighted by molar-refractivity contribution is -0.156. The van der Waals surface area contributed by atoms with Crippen LogP contribution in [0.5, 0.6) is 0 Å². The zero-order chi connectivity index (χ0) is 15.0. The van der Waals surface area contributed by atoms with Crippen LogP contribution in [0.1, 0.15) is 38.3 Å². The van der Waals surface area contributed by atoms with Gasteiger partial charge in [0.2, 0.25) is 0 Å². The van der Waals surface area contributed by atoms with E-state index in [1.54, 1.807) is 0 Å². The highest BCUT2D eigenvalue weighted by atomic mass is 16.6. The van der Waals surface area contributed by atoms with Crippen molar-refractivity contribution >= 4 is 5.97 Å². The van der Waals surface area contributed by atoms with E-state index in [0.29, 0.717) is 13.2 Å². The summed E-state index contributed by atoms with van der Waals surface area (Å²) in [4.78, 5) is 11.5. The van der Waals surface area contributed by atoms with E-state index in [4.69, 9.17) is 9.47 Å². The molecule has 1 aromatic rings. The van der Waals surface area contributed by atoms with Gasteiger partial charge in [-0.05, 0) is 38.3 Å². The summed E-state index contributed by atoms with van der Waals surface area (Å²) in [5, 5.41) is 9.20.